The maximum absolute atomic E-state index is 13.4. The number of rotatable bonds is 5. The molecule has 172 valence electrons. The Hall–Kier alpha value is -0.590. The number of carbonyl (C=O) groups is 2. The number of hydrogen-bond donors (Lipinski definition) is 0. The van der Waals surface area contributed by atoms with E-state index >= 15 is 0 Å². The van der Waals surface area contributed by atoms with Gasteiger partial charge in [-0.3, -0.25) is 4.79 Å². The fraction of sp³-hybridized carbons (Fsp3) is 0.619. The fourth-order valence-corrected chi connectivity index (χ4v) is 4.85. The molecule has 0 bridgehead atoms. The summed E-state index contributed by atoms with van der Waals surface area (Å²) in [5.74, 6) is -0.253. The third-order valence-electron chi connectivity index (χ3n) is 5.74. The van der Waals surface area contributed by atoms with E-state index in [4.69, 9.17) is 62.7 Å². The van der Waals surface area contributed by atoms with Crippen LogP contribution in [0.5, 0.6) is 0 Å². The molecule has 1 aromatic carbocycles. The second-order valence-electron chi connectivity index (χ2n) is 8.08. The Bertz CT molecular complexity index is 776. The highest BCUT2D eigenvalue weighted by Gasteiger charge is 2.48. The summed E-state index contributed by atoms with van der Waals surface area (Å²) in [6, 6.07) is 8.80. The molecule has 2 amide bonds. The van der Waals surface area contributed by atoms with Crippen molar-refractivity contribution < 1.29 is 14.3 Å². The summed E-state index contributed by atoms with van der Waals surface area (Å²) in [5.41, 5.74) is 0.773. The molecule has 0 radical (unpaired) electrons. The minimum atomic E-state index is -1.71. The zero-order valence-corrected chi connectivity index (χ0v) is 20.8. The van der Waals surface area contributed by atoms with E-state index in [0.717, 1.165) is 18.5 Å². The summed E-state index contributed by atoms with van der Waals surface area (Å²) in [5, 5.41) is -0.288. The molecule has 0 N–H and O–H groups in total. The van der Waals surface area contributed by atoms with Gasteiger partial charge in [0.25, 0.3) is 0 Å². The van der Waals surface area contributed by atoms with Crippen LogP contribution in [0.25, 0.3) is 0 Å². The second-order valence-corrected chi connectivity index (χ2v) is 11.8. The Morgan fingerprint density at radius 1 is 1.06 bits per heavy atom. The van der Waals surface area contributed by atoms with Gasteiger partial charge in [-0.1, -0.05) is 53.0 Å². The smallest absolute Gasteiger partial charge is 0.409 e. The third-order valence-corrected chi connectivity index (χ3v) is 6.94. The number of benzene rings is 1. The van der Waals surface area contributed by atoms with Gasteiger partial charge in [-0.2, -0.15) is 0 Å². The predicted molar refractivity (Wildman–Crippen MR) is 127 cm³/mol. The lowest BCUT2D eigenvalue weighted by atomic mass is 9.98. The molecule has 0 heterocycles. The molecular formula is C21H25Cl5N2O3. The summed E-state index contributed by atoms with van der Waals surface area (Å²) < 4.78 is 3.49. The van der Waals surface area contributed by atoms with E-state index < -0.39 is 9.89 Å². The average Bonchev–Trinajstić information content (AvgIpc) is 3.48. The van der Waals surface area contributed by atoms with E-state index in [1.165, 1.54) is 4.90 Å². The number of carbonyl (C=O) groups excluding carboxylic acids is 2. The molecule has 10 heteroatoms. The van der Waals surface area contributed by atoms with Gasteiger partial charge in [0.2, 0.25) is 9.70 Å². The molecule has 3 rings (SSSR count). The van der Waals surface area contributed by atoms with Crippen molar-refractivity contribution in [1.82, 2.24) is 4.90 Å². The zero-order chi connectivity index (χ0) is 22.8. The second kappa shape index (κ2) is 10.6. The van der Waals surface area contributed by atoms with Crippen LogP contribution < -0.4 is 4.90 Å². The monoisotopic (exact) mass is 528 g/mol. The van der Waals surface area contributed by atoms with E-state index in [1.807, 2.05) is 30.3 Å². The molecule has 5 atom stereocenters. The maximum atomic E-state index is 13.4. The molecule has 0 spiro atoms. The first-order chi connectivity index (χ1) is 14.6. The van der Waals surface area contributed by atoms with Crippen molar-refractivity contribution in [3.05, 3.63) is 30.3 Å². The third kappa shape index (κ3) is 6.70. The van der Waals surface area contributed by atoms with Crippen LogP contribution in [0.1, 0.15) is 32.1 Å². The molecule has 0 saturated heterocycles. The van der Waals surface area contributed by atoms with Crippen molar-refractivity contribution in [1.29, 1.82) is 0 Å². The van der Waals surface area contributed by atoms with E-state index in [0.29, 0.717) is 19.3 Å². The Morgan fingerprint density at radius 2 is 1.71 bits per heavy atom. The van der Waals surface area contributed by atoms with Crippen molar-refractivity contribution in [2.75, 3.05) is 18.6 Å². The summed E-state index contributed by atoms with van der Waals surface area (Å²) in [4.78, 5) is 29.4. The van der Waals surface area contributed by atoms with Crippen molar-refractivity contribution in [2.45, 2.75) is 58.7 Å². The van der Waals surface area contributed by atoms with Gasteiger partial charge in [-0.05, 0) is 44.2 Å². The highest BCUT2D eigenvalue weighted by molar-refractivity contribution is 6.67. The van der Waals surface area contributed by atoms with Gasteiger partial charge < -0.3 is 14.5 Å². The Labute approximate surface area is 207 Å². The lowest BCUT2D eigenvalue weighted by molar-refractivity contribution is -0.120. The van der Waals surface area contributed by atoms with Gasteiger partial charge in [0.1, 0.15) is 6.61 Å². The van der Waals surface area contributed by atoms with Gasteiger partial charge in [0.15, 0.2) is 0 Å². The zero-order valence-electron chi connectivity index (χ0n) is 17.0. The number of halogens is 5. The van der Waals surface area contributed by atoms with Gasteiger partial charge in [-0.15, -0.1) is 23.2 Å². The first-order valence-electron chi connectivity index (χ1n) is 10.2. The molecule has 1 aromatic rings. The predicted octanol–water partition coefficient (Wildman–Crippen LogP) is 6.00. The fourth-order valence-electron chi connectivity index (χ4n) is 4.04. The van der Waals surface area contributed by atoms with Crippen LogP contribution >= 0.6 is 58.0 Å². The molecule has 2 saturated carbocycles. The van der Waals surface area contributed by atoms with Gasteiger partial charge in [-0.25, -0.2) is 4.79 Å². The SMILES string of the molecule is CN(C(=O)OCC(Cl)(Cl)Cl)C1CC(Cl)CCCC1N(C(=O)[C@H]1C[C@@H]1Cl)c1ccccc1. The first-order valence-corrected chi connectivity index (χ1v) is 12.2. The lowest BCUT2D eigenvalue weighted by Crippen LogP contribution is -2.55. The average molecular weight is 531 g/mol. The largest absolute Gasteiger partial charge is 0.445 e. The topological polar surface area (TPSA) is 49.9 Å². The van der Waals surface area contributed by atoms with Gasteiger partial charge >= 0.3 is 6.09 Å². The maximum Gasteiger partial charge on any atom is 0.409 e. The van der Waals surface area contributed by atoms with Gasteiger partial charge in [0.05, 0.1) is 18.0 Å². The van der Waals surface area contributed by atoms with Crippen molar-refractivity contribution >= 4 is 75.7 Å². The highest BCUT2D eigenvalue weighted by Crippen LogP contribution is 2.41. The van der Waals surface area contributed by atoms with Crippen molar-refractivity contribution in [3.8, 4) is 0 Å². The number of ether oxygens (including phenoxy) is 1. The lowest BCUT2D eigenvalue weighted by Gasteiger charge is -2.40. The van der Waals surface area contributed by atoms with Crippen LogP contribution in [-0.2, 0) is 9.53 Å². The van der Waals surface area contributed by atoms with Crippen LogP contribution in [0.3, 0.4) is 0 Å². The number of hydrogen-bond acceptors (Lipinski definition) is 3. The van der Waals surface area contributed by atoms with Crippen LogP contribution in [0.15, 0.2) is 30.3 Å². The summed E-state index contributed by atoms with van der Waals surface area (Å²) >= 11 is 29.9. The summed E-state index contributed by atoms with van der Waals surface area (Å²) in [6.07, 6.45) is 2.85. The molecule has 2 aliphatic rings. The number of likely N-dealkylation sites (N-methyl/N-ethyl adjacent to an activating group) is 1. The molecular weight excluding hydrogens is 506 g/mol. The summed E-state index contributed by atoms with van der Waals surface area (Å²) in [7, 11) is 1.63. The minimum absolute atomic E-state index is 0.0303. The minimum Gasteiger partial charge on any atom is -0.445 e. The number of anilines is 1. The van der Waals surface area contributed by atoms with Gasteiger partial charge in [0, 0.05) is 23.5 Å². The number of alkyl halides is 5. The first kappa shape index (κ1) is 25.0. The molecule has 5 nitrogen and oxygen atoms in total. The summed E-state index contributed by atoms with van der Waals surface area (Å²) in [6.45, 7) is -0.375. The van der Waals surface area contributed by atoms with Crippen LogP contribution in [0, 0.1) is 5.92 Å². The van der Waals surface area contributed by atoms with E-state index in [9.17, 15) is 9.59 Å². The molecule has 0 aromatic heterocycles. The molecule has 0 aliphatic heterocycles. The Balaban J connectivity index is 1.90. The van der Waals surface area contributed by atoms with Crippen LogP contribution in [0.4, 0.5) is 10.5 Å². The number of para-hydroxylation sites is 1. The van der Waals surface area contributed by atoms with E-state index in [2.05, 4.69) is 0 Å². The van der Waals surface area contributed by atoms with Crippen LogP contribution in [-0.4, -0.2) is 57.2 Å². The Morgan fingerprint density at radius 3 is 2.29 bits per heavy atom. The Kier molecular flexibility index (Phi) is 8.53. The van der Waals surface area contributed by atoms with Crippen molar-refractivity contribution in [2.24, 2.45) is 5.92 Å². The van der Waals surface area contributed by atoms with E-state index in [-0.39, 0.29) is 41.3 Å². The van der Waals surface area contributed by atoms with E-state index in [1.54, 1.807) is 11.9 Å². The molecule has 2 aliphatic carbocycles. The number of nitrogens with zero attached hydrogens (tertiary/aromatic N) is 2. The quantitative estimate of drug-likeness (QED) is 0.346. The molecule has 2 fully saturated rings. The number of amides is 2. The molecule has 3 unspecified atom stereocenters. The normalized spacial score (nSPS) is 28.4. The molecule has 31 heavy (non-hydrogen) atoms. The van der Waals surface area contributed by atoms with Crippen molar-refractivity contribution in [3.63, 3.8) is 0 Å². The van der Waals surface area contributed by atoms with Crippen LogP contribution in [0.2, 0.25) is 0 Å². The highest BCUT2D eigenvalue weighted by atomic mass is 35.6. The standard InChI is InChI=1S/C21H25Cl5N2O3/c1-27(20(30)31-12-21(24,25)26)18-10-13(22)6-5-9-17(18)28(14-7-3-2-4-8-14)19(29)15-11-16(15)23/h2-4,7-8,13,15-18H,5-6,9-12H2,1H3/t13?,15-,16-,17?,18?/m0/s1.